The van der Waals surface area contributed by atoms with Gasteiger partial charge in [0.1, 0.15) is 11.2 Å². The molecule has 0 saturated carbocycles. The monoisotopic (exact) mass is 755 g/mol. The zero-order chi connectivity index (χ0) is 39.5. The summed E-state index contributed by atoms with van der Waals surface area (Å²) in [6.07, 6.45) is 13.0. The van der Waals surface area contributed by atoms with Gasteiger partial charge in [-0.1, -0.05) is 132 Å². The predicted octanol–water partition coefficient (Wildman–Crippen LogP) is 14.8. The molecular weight excluding hydrogens is 707 g/mol. The van der Waals surface area contributed by atoms with Gasteiger partial charge in [0.05, 0.1) is 16.9 Å². The van der Waals surface area contributed by atoms with Crippen LogP contribution < -0.4 is 9.80 Å². The van der Waals surface area contributed by atoms with Gasteiger partial charge in [0.25, 0.3) is 0 Å². The first kappa shape index (κ1) is 35.9. The van der Waals surface area contributed by atoms with Crippen LogP contribution in [-0.2, 0) is 5.41 Å². The Bertz CT molecular complexity index is 2900. The van der Waals surface area contributed by atoms with Gasteiger partial charge in [-0.3, -0.25) is 0 Å². The normalized spacial score (nSPS) is 18.4. The van der Waals surface area contributed by atoms with E-state index >= 15 is 0 Å². The molecule has 0 saturated heterocycles. The average molecular weight is 756 g/mol. The summed E-state index contributed by atoms with van der Waals surface area (Å²) < 4.78 is 9.28. The molecule has 286 valence electrons. The molecule has 2 aromatic heterocycles. The molecule has 0 N–H and O–H groups in total. The van der Waals surface area contributed by atoms with E-state index < -0.39 is 0 Å². The largest absolute Gasteiger partial charge is 0.455 e. The van der Waals surface area contributed by atoms with Gasteiger partial charge in [-0.05, 0) is 102 Å². The smallest absolute Gasteiger partial charge is 0.145 e. The first-order valence-corrected chi connectivity index (χ1v) is 20.7. The Hall–Kier alpha value is -6.52. The van der Waals surface area contributed by atoms with E-state index in [1.807, 2.05) is 0 Å². The van der Waals surface area contributed by atoms with Crippen molar-refractivity contribution in [3.63, 3.8) is 0 Å². The molecule has 2 aliphatic carbocycles. The van der Waals surface area contributed by atoms with E-state index in [9.17, 15) is 0 Å². The Kier molecular flexibility index (Phi) is 8.75. The number of para-hydroxylation sites is 4. The number of anilines is 3. The third-order valence-corrected chi connectivity index (χ3v) is 12.1. The van der Waals surface area contributed by atoms with Crippen molar-refractivity contribution in [3.05, 3.63) is 199 Å². The van der Waals surface area contributed by atoms with Crippen molar-refractivity contribution in [3.8, 4) is 0 Å². The Morgan fingerprint density at radius 2 is 1.22 bits per heavy atom. The third kappa shape index (κ3) is 6.15. The van der Waals surface area contributed by atoms with Crippen molar-refractivity contribution in [2.75, 3.05) is 9.80 Å². The zero-order valence-corrected chi connectivity index (χ0v) is 33.9. The van der Waals surface area contributed by atoms with Crippen molar-refractivity contribution in [2.24, 2.45) is 11.8 Å². The Morgan fingerprint density at radius 3 is 1.88 bits per heavy atom. The molecule has 0 amide bonds. The second-order valence-electron chi connectivity index (χ2n) is 17.2. The maximum atomic E-state index is 6.72. The van der Waals surface area contributed by atoms with Crippen LogP contribution in [0.15, 0.2) is 197 Å². The Balaban J connectivity index is 1.10. The minimum atomic E-state index is 0.0144. The molecule has 2 heterocycles. The summed E-state index contributed by atoms with van der Waals surface area (Å²) in [5.41, 5.74) is 12.7. The molecule has 0 radical (unpaired) electrons. The second kappa shape index (κ2) is 14.1. The topological polar surface area (TPSA) is 24.6 Å². The van der Waals surface area contributed by atoms with Gasteiger partial charge in [0, 0.05) is 61.7 Å². The van der Waals surface area contributed by atoms with Crippen LogP contribution in [0.25, 0.3) is 43.7 Å². The van der Waals surface area contributed by atoms with E-state index in [0.717, 1.165) is 45.4 Å². The molecule has 3 atom stereocenters. The molecule has 0 bridgehead atoms. The fourth-order valence-corrected chi connectivity index (χ4v) is 9.28. The lowest BCUT2D eigenvalue weighted by atomic mass is 9.86. The van der Waals surface area contributed by atoms with Crippen LogP contribution in [0.5, 0.6) is 0 Å². The molecule has 4 nitrogen and oxygen atoms in total. The summed E-state index contributed by atoms with van der Waals surface area (Å²) in [6, 6.07) is 52.5. The number of hydrogen-bond donors (Lipinski definition) is 0. The summed E-state index contributed by atoms with van der Waals surface area (Å²) in [6.45, 7) is 11.6. The van der Waals surface area contributed by atoms with E-state index in [0.29, 0.717) is 5.92 Å². The standard InChI is InChI=1S/C54H49N3O/c1-36-31-43(55(39-17-9-6-10-18-39)40-19-11-7-12-20-40)35-44(32-36)56(41-21-13-8-14-22-41)42-26-29-48(37(2)33-42)57-49-28-25-38(54(3,4)5)34-47(49)52-50(57)30-27-46-45-23-15-16-24-51(45)58-53(46)52/h6-31,33-37,48H,32H2,1-5H3. The molecule has 58 heavy (non-hydrogen) atoms. The summed E-state index contributed by atoms with van der Waals surface area (Å²) in [5.74, 6) is 0.528. The molecule has 8 aromatic rings. The molecule has 10 rings (SSSR count). The van der Waals surface area contributed by atoms with Crippen LogP contribution in [0.3, 0.4) is 0 Å². The predicted molar refractivity (Wildman–Crippen MR) is 245 cm³/mol. The average Bonchev–Trinajstić information content (AvgIpc) is 3.77. The van der Waals surface area contributed by atoms with Crippen LogP contribution in [0.4, 0.5) is 17.1 Å². The van der Waals surface area contributed by atoms with E-state index in [1.165, 1.54) is 44.5 Å². The highest BCUT2D eigenvalue weighted by molar-refractivity contribution is 6.23. The van der Waals surface area contributed by atoms with Crippen LogP contribution in [0.2, 0.25) is 0 Å². The molecule has 0 aliphatic heterocycles. The minimum absolute atomic E-state index is 0.0144. The van der Waals surface area contributed by atoms with E-state index in [2.05, 4.69) is 225 Å². The zero-order valence-electron chi connectivity index (χ0n) is 33.9. The number of allylic oxidation sites excluding steroid dienone is 6. The molecule has 4 heteroatoms. The number of aromatic nitrogens is 1. The molecule has 6 aromatic carbocycles. The summed E-state index contributed by atoms with van der Waals surface area (Å²) in [4.78, 5) is 4.87. The quantitative estimate of drug-likeness (QED) is 0.162. The van der Waals surface area contributed by atoms with Crippen molar-refractivity contribution >= 4 is 60.8 Å². The maximum absolute atomic E-state index is 6.72. The summed E-state index contributed by atoms with van der Waals surface area (Å²) >= 11 is 0. The number of fused-ring (bicyclic) bond motifs is 7. The third-order valence-electron chi connectivity index (χ3n) is 12.1. The number of benzene rings is 6. The lowest BCUT2D eigenvalue weighted by Crippen LogP contribution is -2.29. The first-order chi connectivity index (χ1) is 28.2. The first-order valence-electron chi connectivity index (χ1n) is 20.7. The van der Waals surface area contributed by atoms with Crippen LogP contribution in [0.1, 0.15) is 52.6 Å². The van der Waals surface area contributed by atoms with Gasteiger partial charge in [-0.2, -0.15) is 0 Å². The second-order valence-corrected chi connectivity index (χ2v) is 17.2. The van der Waals surface area contributed by atoms with Gasteiger partial charge in [-0.25, -0.2) is 0 Å². The van der Waals surface area contributed by atoms with E-state index in [4.69, 9.17) is 4.42 Å². The van der Waals surface area contributed by atoms with Crippen molar-refractivity contribution < 1.29 is 4.42 Å². The van der Waals surface area contributed by atoms with Gasteiger partial charge >= 0.3 is 0 Å². The number of rotatable bonds is 7. The van der Waals surface area contributed by atoms with Crippen molar-refractivity contribution in [1.82, 2.24) is 4.57 Å². The van der Waals surface area contributed by atoms with Crippen LogP contribution in [0, 0.1) is 11.8 Å². The van der Waals surface area contributed by atoms with Gasteiger partial charge in [-0.15, -0.1) is 0 Å². The van der Waals surface area contributed by atoms with E-state index in [1.54, 1.807) is 0 Å². The van der Waals surface area contributed by atoms with Crippen molar-refractivity contribution in [2.45, 2.75) is 52.5 Å². The summed E-state index contributed by atoms with van der Waals surface area (Å²) in [5, 5.41) is 4.76. The fraction of sp³-hybridized carbons (Fsp3) is 0.185. The molecule has 3 unspecified atom stereocenters. The Morgan fingerprint density at radius 1 is 0.603 bits per heavy atom. The molecule has 2 aliphatic rings. The lowest BCUT2D eigenvalue weighted by Gasteiger charge is -2.37. The fourth-order valence-electron chi connectivity index (χ4n) is 9.28. The van der Waals surface area contributed by atoms with Crippen molar-refractivity contribution in [1.29, 1.82) is 0 Å². The number of furan rings is 1. The highest BCUT2D eigenvalue weighted by Gasteiger charge is 2.30. The van der Waals surface area contributed by atoms with Gasteiger partial charge in [0.15, 0.2) is 0 Å². The number of hydrogen-bond acceptors (Lipinski definition) is 3. The van der Waals surface area contributed by atoms with Gasteiger partial charge < -0.3 is 18.8 Å². The Labute approximate surface area is 341 Å². The highest BCUT2D eigenvalue weighted by Crippen LogP contribution is 2.45. The minimum Gasteiger partial charge on any atom is -0.455 e. The van der Waals surface area contributed by atoms with Gasteiger partial charge in [0.2, 0.25) is 0 Å². The lowest BCUT2D eigenvalue weighted by molar-refractivity contribution is 0.505. The highest BCUT2D eigenvalue weighted by atomic mass is 16.3. The number of nitrogens with zero attached hydrogens (tertiary/aromatic N) is 3. The van der Waals surface area contributed by atoms with Crippen LogP contribution >= 0.6 is 0 Å². The molecule has 0 fully saturated rings. The molecule has 0 spiro atoms. The summed E-state index contributed by atoms with van der Waals surface area (Å²) in [7, 11) is 0. The maximum Gasteiger partial charge on any atom is 0.145 e. The SMILES string of the molecule is CC1C=C(N(c2ccccc2)c2ccccc2)C=C(N(C2=CC(C)C(n3c4ccc(C(C)(C)C)cc4c4c5oc6ccccc6c5ccc43)C=C2)c2ccccc2)C1. The molecular formula is C54H49N3O. The van der Waals surface area contributed by atoms with Crippen LogP contribution in [-0.4, -0.2) is 4.57 Å². The van der Waals surface area contributed by atoms with E-state index in [-0.39, 0.29) is 17.4 Å².